The van der Waals surface area contributed by atoms with Gasteiger partial charge < -0.3 is 0 Å². The maximum Gasteiger partial charge on any atom is 0.310 e. The quantitative estimate of drug-likeness (QED) is 0.414. The lowest BCUT2D eigenvalue weighted by atomic mass is 10.0. The second-order valence-corrected chi connectivity index (χ2v) is 8.18. The number of pyridine rings is 1. The van der Waals surface area contributed by atoms with Gasteiger partial charge in [-0.3, -0.25) is 19.8 Å². The highest BCUT2D eigenvalue weighted by Crippen LogP contribution is 2.28. The van der Waals surface area contributed by atoms with Gasteiger partial charge in [0.1, 0.15) is 22.7 Å². The van der Waals surface area contributed by atoms with Crippen molar-refractivity contribution in [3.05, 3.63) is 87.3 Å². The summed E-state index contributed by atoms with van der Waals surface area (Å²) in [5, 5.41) is 13.4. The highest BCUT2D eigenvalue weighted by molar-refractivity contribution is 5.78. The summed E-state index contributed by atoms with van der Waals surface area (Å²) in [6.45, 7) is 5.96. The number of nitrogens with zero attached hydrogens (tertiary/aromatic N) is 4. The third kappa shape index (κ3) is 2.95. The lowest BCUT2D eigenvalue weighted by Gasteiger charge is -2.12. The third-order valence-corrected chi connectivity index (χ3v) is 6.46. The number of nitrogens with one attached hydrogen (secondary N) is 2. The minimum Gasteiger partial charge on any atom is -0.282 e. The van der Waals surface area contributed by atoms with Crippen LogP contribution in [0.2, 0.25) is 0 Å². The predicted molar refractivity (Wildman–Crippen MR) is 129 cm³/mol. The molecule has 0 fully saturated rings. The lowest BCUT2D eigenvalue weighted by Crippen LogP contribution is -2.30. The van der Waals surface area contributed by atoms with E-state index in [1.54, 1.807) is 4.68 Å². The summed E-state index contributed by atoms with van der Waals surface area (Å²) in [5.74, 6) is 0.799. The molecule has 0 atom stereocenters. The van der Waals surface area contributed by atoms with E-state index in [4.69, 9.17) is 0 Å². The zero-order valence-electron chi connectivity index (χ0n) is 19.1. The number of fused-ring (bicyclic) bond motifs is 3. The fourth-order valence-electron chi connectivity index (χ4n) is 4.66. The molecule has 33 heavy (non-hydrogen) atoms. The van der Waals surface area contributed by atoms with Crippen LogP contribution in [0, 0.1) is 25.2 Å². The molecule has 7 nitrogen and oxygen atoms in total. The van der Waals surface area contributed by atoms with Crippen molar-refractivity contribution in [2.45, 2.75) is 27.2 Å². The number of benzene rings is 2. The molecule has 0 unspecified atom stereocenters. The molecular weight excluding hydrogens is 412 g/mol. The maximum atomic E-state index is 13.6. The fourth-order valence-corrected chi connectivity index (χ4v) is 4.66. The molecule has 5 aromatic rings. The average molecular weight is 438 g/mol. The van der Waals surface area contributed by atoms with Crippen LogP contribution in [0.1, 0.15) is 29.3 Å². The first-order valence-electron chi connectivity index (χ1n) is 11.0. The number of hydrogen-bond donors (Lipinski definition) is 2. The topological polar surface area (TPSA) is 82.6 Å². The second kappa shape index (κ2) is 7.68. The predicted octanol–water partition coefficient (Wildman–Crippen LogP) is 4.19. The molecule has 7 heteroatoms. The van der Waals surface area contributed by atoms with Gasteiger partial charge in [0.2, 0.25) is 11.5 Å². The number of nitriles is 1. The van der Waals surface area contributed by atoms with Crippen molar-refractivity contribution < 1.29 is 4.40 Å². The van der Waals surface area contributed by atoms with E-state index in [9.17, 15) is 10.1 Å². The molecule has 0 bridgehead atoms. The number of aromatic amines is 1. The van der Waals surface area contributed by atoms with Crippen molar-refractivity contribution >= 4 is 28.2 Å². The summed E-state index contributed by atoms with van der Waals surface area (Å²) in [4.78, 5) is 17.0. The summed E-state index contributed by atoms with van der Waals surface area (Å²) < 4.78 is 5.55. The van der Waals surface area contributed by atoms with Gasteiger partial charge in [0, 0.05) is 12.6 Å². The monoisotopic (exact) mass is 437 g/mol. The van der Waals surface area contributed by atoms with Crippen LogP contribution in [-0.4, -0.2) is 14.3 Å². The molecule has 3 aromatic heterocycles. The van der Waals surface area contributed by atoms with E-state index in [1.807, 2.05) is 84.6 Å². The van der Waals surface area contributed by atoms with Crippen molar-refractivity contribution in [3.63, 3.8) is 0 Å². The largest absolute Gasteiger partial charge is 0.310 e. The molecule has 164 valence electrons. The van der Waals surface area contributed by atoms with E-state index in [2.05, 4.69) is 23.3 Å². The third-order valence-electron chi connectivity index (χ3n) is 6.46. The van der Waals surface area contributed by atoms with Gasteiger partial charge in [-0.2, -0.15) is 9.66 Å². The van der Waals surface area contributed by atoms with E-state index < -0.39 is 0 Å². The van der Waals surface area contributed by atoms with Crippen molar-refractivity contribution in [2.24, 2.45) is 7.05 Å². The Morgan fingerprint density at radius 3 is 2.48 bits per heavy atom. The van der Waals surface area contributed by atoms with Gasteiger partial charge in [0.15, 0.2) is 5.69 Å². The number of anilines is 2. The van der Waals surface area contributed by atoms with Crippen LogP contribution in [0.5, 0.6) is 0 Å². The molecule has 0 aliphatic rings. The number of hydrogen-bond acceptors (Lipinski definition) is 3. The van der Waals surface area contributed by atoms with Crippen molar-refractivity contribution in [3.8, 4) is 11.8 Å². The van der Waals surface area contributed by atoms with Crippen molar-refractivity contribution in [2.75, 3.05) is 5.32 Å². The van der Waals surface area contributed by atoms with E-state index in [0.29, 0.717) is 23.3 Å². The smallest absolute Gasteiger partial charge is 0.282 e. The summed E-state index contributed by atoms with van der Waals surface area (Å²) in [7, 11) is 1.88. The Bertz CT molecular complexity index is 1630. The van der Waals surface area contributed by atoms with E-state index >= 15 is 0 Å². The summed E-state index contributed by atoms with van der Waals surface area (Å²) in [6.07, 6.45) is 0.712. The Morgan fingerprint density at radius 1 is 1.09 bits per heavy atom. The lowest BCUT2D eigenvalue weighted by molar-refractivity contribution is -0.465. The van der Waals surface area contributed by atoms with Gasteiger partial charge in [-0.1, -0.05) is 37.3 Å². The van der Waals surface area contributed by atoms with Crippen LogP contribution in [0.3, 0.4) is 0 Å². The van der Waals surface area contributed by atoms with E-state index in [-0.39, 0.29) is 5.56 Å². The zero-order valence-corrected chi connectivity index (χ0v) is 19.1. The van der Waals surface area contributed by atoms with Gasteiger partial charge in [-0.15, -0.1) is 0 Å². The molecule has 0 radical (unpaired) electrons. The fraction of sp³-hybridized carbons (Fsp3) is 0.192. The first kappa shape index (κ1) is 20.6. The summed E-state index contributed by atoms with van der Waals surface area (Å²) in [5.41, 5.74) is 7.12. The molecule has 2 aromatic carbocycles. The molecule has 0 aliphatic carbocycles. The summed E-state index contributed by atoms with van der Waals surface area (Å²) in [6, 6.07) is 19.9. The Kier molecular flexibility index (Phi) is 4.79. The van der Waals surface area contributed by atoms with E-state index in [1.165, 1.54) is 0 Å². The molecule has 2 N–H and O–H groups in total. The number of aromatic nitrogens is 4. The number of para-hydroxylation sites is 3. The Balaban J connectivity index is 1.83. The van der Waals surface area contributed by atoms with E-state index in [0.717, 1.165) is 39.4 Å². The van der Waals surface area contributed by atoms with Crippen LogP contribution < -0.4 is 15.3 Å². The molecule has 0 saturated heterocycles. The minimum atomic E-state index is -0.126. The van der Waals surface area contributed by atoms with Gasteiger partial charge in [0.25, 0.3) is 0 Å². The molecule has 0 amide bonds. The van der Waals surface area contributed by atoms with Crippen LogP contribution in [0.15, 0.2) is 59.4 Å². The van der Waals surface area contributed by atoms with Crippen LogP contribution in [0.4, 0.5) is 11.5 Å². The van der Waals surface area contributed by atoms with Crippen LogP contribution >= 0.6 is 0 Å². The Hall–Kier alpha value is -4.31. The standard InChI is InChI=1S/C26H24N6O/c1-5-19-16(2)20(15-27)25-28-21-13-9-10-14-22(21)31(25)24(19)29-23-17(3)30(4)32(26(23)33)18-11-7-6-8-12-18/h6-14H,5H2,1-4H3,(H,28,29)/p+1. The molecule has 0 aliphatic heterocycles. The molecular formula is C26H25N6O+. The Labute approximate surface area is 191 Å². The molecule has 3 heterocycles. The normalized spacial score (nSPS) is 11.2. The molecule has 0 saturated carbocycles. The minimum absolute atomic E-state index is 0.126. The van der Waals surface area contributed by atoms with Gasteiger partial charge >= 0.3 is 5.56 Å². The van der Waals surface area contributed by atoms with Crippen LogP contribution in [-0.2, 0) is 13.5 Å². The number of rotatable bonds is 4. The number of H-pyrrole nitrogens is 1. The number of imidazole rings is 1. The SMILES string of the molecule is CCc1c(C)c(C#N)c2[nH]c3ccccc3[n+]2c1Nc1c(C)n(C)n(-c2ccccc2)c1=O. The van der Waals surface area contributed by atoms with Crippen molar-refractivity contribution in [1.82, 2.24) is 14.3 Å². The van der Waals surface area contributed by atoms with Crippen LogP contribution in [0.25, 0.3) is 22.4 Å². The van der Waals surface area contributed by atoms with Crippen molar-refractivity contribution in [1.29, 1.82) is 5.26 Å². The second-order valence-electron chi connectivity index (χ2n) is 8.18. The van der Waals surface area contributed by atoms with Gasteiger partial charge in [0.05, 0.1) is 11.4 Å². The van der Waals surface area contributed by atoms with Gasteiger partial charge in [-0.25, -0.2) is 4.68 Å². The maximum absolute atomic E-state index is 13.6. The summed E-state index contributed by atoms with van der Waals surface area (Å²) >= 11 is 0. The average Bonchev–Trinajstić information content (AvgIpc) is 3.30. The first-order chi connectivity index (χ1) is 16.0. The highest BCUT2D eigenvalue weighted by Gasteiger charge is 2.28. The molecule has 0 spiro atoms. The Morgan fingerprint density at radius 2 is 1.79 bits per heavy atom. The highest BCUT2D eigenvalue weighted by atomic mass is 16.1. The zero-order chi connectivity index (χ0) is 23.3. The van der Waals surface area contributed by atoms with Gasteiger partial charge in [-0.05, 0) is 50.1 Å². The first-order valence-corrected chi connectivity index (χ1v) is 11.0. The molecule has 5 rings (SSSR count).